The molecule has 3 amide bonds. The van der Waals surface area contributed by atoms with E-state index >= 15 is 0 Å². The van der Waals surface area contributed by atoms with Gasteiger partial charge in [-0.05, 0) is 54.6 Å². The van der Waals surface area contributed by atoms with E-state index in [0.29, 0.717) is 46.5 Å². The smallest absolute Gasteiger partial charge is 0.261 e. The van der Waals surface area contributed by atoms with Gasteiger partial charge >= 0.3 is 0 Å². The number of amides is 3. The predicted molar refractivity (Wildman–Crippen MR) is 140 cm³/mol. The summed E-state index contributed by atoms with van der Waals surface area (Å²) >= 11 is 0. The fourth-order valence-electron chi connectivity index (χ4n) is 4.76. The van der Waals surface area contributed by atoms with Crippen molar-refractivity contribution in [2.75, 3.05) is 25.1 Å². The summed E-state index contributed by atoms with van der Waals surface area (Å²) in [5.41, 5.74) is 3.23. The van der Waals surface area contributed by atoms with Crippen molar-refractivity contribution in [1.29, 1.82) is 0 Å². The Balaban J connectivity index is 1.41. The van der Waals surface area contributed by atoms with Crippen molar-refractivity contribution < 1.29 is 19.1 Å². The van der Waals surface area contributed by atoms with Crippen LogP contribution in [0.1, 0.15) is 43.1 Å². The first-order chi connectivity index (χ1) is 17.5. The lowest BCUT2D eigenvalue weighted by Crippen LogP contribution is -2.42. The molecule has 0 bridgehead atoms. The molecule has 0 unspecified atom stereocenters. The quantitative estimate of drug-likeness (QED) is 0.330. The number of ether oxygens (including phenoxy) is 1. The molecule has 0 spiro atoms. The fraction of sp³-hybridized carbons (Fsp3) is 0.167. The van der Waals surface area contributed by atoms with Gasteiger partial charge in [-0.25, -0.2) is 0 Å². The Morgan fingerprint density at radius 3 is 2.19 bits per heavy atom. The van der Waals surface area contributed by atoms with Gasteiger partial charge in [-0.1, -0.05) is 48.5 Å². The monoisotopic (exact) mass is 478 g/mol. The minimum Gasteiger partial charge on any atom is -0.497 e. The van der Waals surface area contributed by atoms with Crippen LogP contribution >= 0.6 is 0 Å². The number of aryl methyl sites for hydroxylation is 1. The molecule has 1 aliphatic rings. The van der Waals surface area contributed by atoms with Crippen LogP contribution in [0.3, 0.4) is 0 Å². The van der Waals surface area contributed by atoms with Gasteiger partial charge in [0.1, 0.15) is 5.75 Å². The highest BCUT2D eigenvalue weighted by Crippen LogP contribution is 2.30. The molecular formula is C30H26N2O4. The summed E-state index contributed by atoms with van der Waals surface area (Å²) in [6.45, 7) is 2.42. The van der Waals surface area contributed by atoms with Crippen molar-refractivity contribution in [2.24, 2.45) is 0 Å². The van der Waals surface area contributed by atoms with Crippen LogP contribution in [0.2, 0.25) is 0 Å². The number of hydrogen-bond donors (Lipinski definition) is 0. The first kappa shape index (κ1) is 23.3. The largest absolute Gasteiger partial charge is 0.497 e. The molecule has 0 aromatic heterocycles. The lowest BCUT2D eigenvalue weighted by molar-refractivity contribution is 0.0610. The van der Waals surface area contributed by atoms with Crippen LogP contribution < -0.4 is 9.64 Å². The molecule has 4 aromatic rings. The summed E-state index contributed by atoms with van der Waals surface area (Å²) in [5, 5.41) is 1.58. The van der Waals surface area contributed by atoms with Crippen LogP contribution in [0, 0.1) is 6.92 Å². The van der Waals surface area contributed by atoms with E-state index in [1.165, 1.54) is 4.90 Å². The van der Waals surface area contributed by atoms with E-state index in [1.807, 2.05) is 73.7 Å². The average molecular weight is 479 g/mol. The second-order valence-electron chi connectivity index (χ2n) is 8.80. The molecule has 5 rings (SSSR count). The maximum Gasteiger partial charge on any atom is 0.261 e. The first-order valence-electron chi connectivity index (χ1n) is 11.9. The summed E-state index contributed by atoms with van der Waals surface area (Å²) < 4.78 is 5.37. The molecule has 0 aliphatic carbocycles. The van der Waals surface area contributed by atoms with Crippen LogP contribution in [0.15, 0.2) is 84.9 Å². The summed E-state index contributed by atoms with van der Waals surface area (Å²) in [6.07, 6.45) is 0.421. The molecular weight excluding hydrogens is 452 g/mol. The summed E-state index contributed by atoms with van der Waals surface area (Å²) in [4.78, 5) is 43.1. The van der Waals surface area contributed by atoms with E-state index < -0.39 is 0 Å². The van der Waals surface area contributed by atoms with Gasteiger partial charge in [0.15, 0.2) is 0 Å². The van der Waals surface area contributed by atoms with E-state index in [4.69, 9.17) is 4.74 Å². The number of nitrogens with zero attached hydrogens (tertiary/aromatic N) is 2. The number of benzene rings is 4. The highest BCUT2D eigenvalue weighted by atomic mass is 16.5. The number of rotatable bonds is 7. The molecule has 1 heterocycles. The Morgan fingerprint density at radius 2 is 1.53 bits per heavy atom. The van der Waals surface area contributed by atoms with Crippen LogP contribution in [-0.2, 0) is 0 Å². The van der Waals surface area contributed by atoms with Gasteiger partial charge in [-0.15, -0.1) is 0 Å². The molecule has 0 saturated carbocycles. The summed E-state index contributed by atoms with van der Waals surface area (Å²) in [7, 11) is 1.58. The summed E-state index contributed by atoms with van der Waals surface area (Å²) in [5.74, 6) is -0.112. The van der Waals surface area contributed by atoms with Gasteiger partial charge in [0, 0.05) is 46.9 Å². The van der Waals surface area contributed by atoms with Gasteiger partial charge in [-0.3, -0.25) is 19.3 Å². The maximum atomic E-state index is 13.6. The fourth-order valence-corrected chi connectivity index (χ4v) is 4.76. The van der Waals surface area contributed by atoms with Gasteiger partial charge in [-0.2, -0.15) is 0 Å². The van der Waals surface area contributed by atoms with Crippen LogP contribution in [-0.4, -0.2) is 42.8 Å². The van der Waals surface area contributed by atoms with Crippen LogP contribution in [0.25, 0.3) is 10.8 Å². The zero-order chi connectivity index (χ0) is 25.2. The van der Waals surface area contributed by atoms with E-state index in [2.05, 4.69) is 0 Å². The van der Waals surface area contributed by atoms with Gasteiger partial charge < -0.3 is 9.64 Å². The molecule has 6 heteroatoms. The molecule has 0 atom stereocenters. The highest BCUT2D eigenvalue weighted by molar-refractivity contribution is 6.25. The highest BCUT2D eigenvalue weighted by Gasteiger charge is 2.32. The molecule has 4 aromatic carbocycles. The van der Waals surface area contributed by atoms with Gasteiger partial charge in [0.2, 0.25) is 0 Å². The van der Waals surface area contributed by atoms with Gasteiger partial charge in [0.05, 0.1) is 7.11 Å². The van der Waals surface area contributed by atoms with E-state index in [-0.39, 0.29) is 24.3 Å². The molecule has 0 saturated heterocycles. The predicted octanol–water partition coefficient (Wildman–Crippen LogP) is 5.49. The average Bonchev–Trinajstić information content (AvgIpc) is 2.91. The third kappa shape index (κ3) is 4.11. The molecule has 0 radical (unpaired) electrons. The van der Waals surface area contributed by atoms with Gasteiger partial charge in [0.25, 0.3) is 17.7 Å². The standard InChI is InChI=1S/C30H26N2O4/c1-20-9-3-4-14-24(20)28(33)31(22-12-7-13-23(19-22)36-2)17-8-18-32-29(34)25-15-5-10-21-11-6-16-26(27(21)25)30(32)35/h3-7,9-16,19H,8,17-18H2,1-2H3. The summed E-state index contributed by atoms with van der Waals surface area (Å²) in [6, 6.07) is 25.8. The Kier molecular flexibility index (Phi) is 6.25. The SMILES string of the molecule is COc1cccc(N(CCCN2C(=O)c3cccc4cccc(c34)C2=O)C(=O)c2ccccc2C)c1. The first-order valence-corrected chi connectivity index (χ1v) is 11.9. The van der Waals surface area contributed by atoms with Crippen molar-refractivity contribution in [3.8, 4) is 5.75 Å². The minimum atomic E-state index is -0.303. The van der Waals surface area contributed by atoms with Crippen molar-refractivity contribution in [3.63, 3.8) is 0 Å². The molecule has 180 valence electrons. The molecule has 0 fully saturated rings. The molecule has 36 heavy (non-hydrogen) atoms. The van der Waals surface area contributed by atoms with Crippen molar-refractivity contribution in [2.45, 2.75) is 13.3 Å². The van der Waals surface area contributed by atoms with Crippen LogP contribution in [0.4, 0.5) is 5.69 Å². The molecule has 0 N–H and O–H groups in total. The third-order valence-corrected chi connectivity index (χ3v) is 6.60. The maximum absolute atomic E-state index is 13.6. The zero-order valence-corrected chi connectivity index (χ0v) is 20.2. The number of imide groups is 1. The van der Waals surface area contributed by atoms with Crippen molar-refractivity contribution >= 4 is 34.2 Å². The zero-order valence-electron chi connectivity index (χ0n) is 20.2. The number of carbonyl (C=O) groups excluding carboxylic acids is 3. The second kappa shape index (κ2) is 9.66. The molecule has 1 aliphatic heterocycles. The Morgan fingerprint density at radius 1 is 0.861 bits per heavy atom. The van der Waals surface area contributed by atoms with Crippen molar-refractivity contribution in [3.05, 3.63) is 107 Å². The van der Waals surface area contributed by atoms with E-state index in [0.717, 1.165) is 10.9 Å². The number of hydrogen-bond acceptors (Lipinski definition) is 4. The Bertz CT molecular complexity index is 1440. The number of methoxy groups -OCH3 is 1. The topological polar surface area (TPSA) is 66.9 Å². The number of carbonyl (C=O) groups is 3. The van der Waals surface area contributed by atoms with E-state index in [9.17, 15) is 14.4 Å². The van der Waals surface area contributed by atoms with Crippen molar-refractivity contribution in [1.82, 2.24) is 4.90 Å². The normalized spacial score (nSPS) is 12.7. The lowest BCUT2D eigenvalue weighted by atomic mass is 9.94. The third-order valence-electron chi connectivity index (χ3n) is 6.60. The number of anilines is 1. The molecule has 6 nitrogen and oxygen atoms in total. The lowest BCUT2D eigenvalue weighted by Gasteiger charge is -2.29. The second-order valence-corrected chi connectivity index (χ2v) is 8.80. The Labute approximate surface area is 209 Å². The van der Waals surface area contributed by atoms with Crippen LogP contribution in [0.5, 0.6) is 5.75 Å². The van der Waals surface area contributed by atoms with E-state index in [1.54, 1.807) is 30.2 Å². The minimum absolute atomic E-state index is 0.146. The Hall–Kier alpha value is -4.45.